The van der Waals surface area contributed by atoms with Gasteiger partial charge in [-0.15, -0.1) is 0 Å². The quantitative estimate of drug-likeness (QED) is 0.686. The highest BCUT2D eigenvalue weighted by Crippen LogP contribution is 2.30. The maximum absolute atomic E-state index is 13.0. The molecule has 0 aliphatic carbocycles. The second-order valence-electron chi connectivity index (χ2n) is 6.63. The summed E-state index contributed by atoms with van der Waals surface area (Å²) in [6, 6.07) is 16.7. The molecule has 1 aliphatic heterocycles. The molecule has 3 rings (SSSR count). The summed E-state index contributed by atoms with van der Waals surface area (Å²) in [5.41, 5.74) is 2.97. The molecule has 1 unspecified atom stereocenters. The van der Waals surface area contributed by atoms with Gasteiger partial charge in [0.25, 0.3) is 5.91 Å². The minimum Gasteiger partial charge on any atom is -0.491 e. The van der Waals surface area contributed by atoms with Crippen LogP contribution >= 0.6 is 12.2 Å². The Kier molecular flexibility index (Phi) is 5.76. The van der Waals surface area contributed by atoms with Crippen LogP contribution in [0.2, 0.25) is 0 Å². The lowest BCUT2D eigenvalue weighted by atomic mass is 9.94. The average Bonchev–Trinajstić information content (AvgIpc) is 2.61. The molecule has 1 amide bonds. The topological polar surface area (TPSA) is 62.4 Å². The van der Waals surface area contributed by atoms with Crippen LogP contribution in [0.25, 0.3) is 0 Å². The number of nitrogens with one attached hydrogen (secondary N) is 3. The first kappa shape index (κ1) is 18.9. The fourth-order valence-corrected chi connectivity index (χ4v) is 3.28. The van der Waals surface area contributed by atoms with Gasteiger partial charge in [0.15, 0.2) is 5.11 Å². The van der Waals surface area contributed by atoms with Gasteiger partial charge < -0.3 is 20.7 Å². The van der Waals surface area contributed by atoms with Crippen molar-refractivity contribution in [3.8, 4) is 5.75 Å². The van der Waals surface area contributed by atoms with Crippen LogP contribution in [0.15, 0.2) is 65.9 Å². The minimum absolute atomic E-state index is 0.0698. The highest BCUT2D eigenvalue weighted by Gasteiger charge is 2.30. The molecular formula is C21H23N3O2S. The Balaban J connectivity index is 1.93. The van der Waals surface area contributed by atoms with Crippen LogP contribution in [-0.2, 0) is 4.79 Å². The Labute approximate surface area is 164 Å². The van der Waals surface area contributed by atoms with Crippen molar-refractivity contribution in [1.29, 1.82) is 0 Å². The Bertz CT molecular complexity index is 878. The third kappa shape index (κ3) is 4.65. The number of allylic oxidation sites excluding steroid dienone is 1. The van der Waals surface area contributed by atoms with Gasteiger partial charge >= 0.3 is 0 Å². The van der Waals surface area contributed by atoms with Crippen LogP contribution in [0.1, 0.15) is 32.4 Å². The molecule has 0 fully saturated rings. The summed E-state index contributed by atoms with van der Waals surface area (Å²) in [5.74, 6) is 0.579. The minimum atomic E-state index is -0.363. The summed E-state index contributed by atoms with van der Waals surface area (Å²) in [7, 11) is 0. The van der Waals surface area contributed by atoms with Gasteiger partial charge in [0.05, 0.1) is 17.7 Å². The molecule has 3 N–H and O–H groups in total. The molecule has 0 radical (unpaired) electrons. The van der Waals surface area contributed by atoms with E-state index in [9.17, 15) is 4.79 Å². The van der Waals surface area contributed by atoms with Crippen molar-refractivity contribution in [2.45, 2.75) is 32.9 Å². The van der Waals surface area contributed by atoms with Gasteiger partial charge in [0.1, 0.15) is 5.75 Å². The van der Waals surface area contributed by atoms with Crippen molar-refractivity contribution in [3.05, 3.63) is 71.4 Å². The normalized spacial score (nSPS) is 16.6. The number of ether oxygens (including phenoxy) is 1. The third-order valence-corrected chi connectivity index (χ3v) is 4.33. The molecule has 6 heteroatoms. The third-order valence-electron chi connectivity index (χ3n) is 4.11. The number of carbonyl (C=O) groups is 1. The predicted molar refractivity (Wildman–Crippen MR) is 112 cm³/mol. The predicted octanol–water partition coefficient (Wildman–Crippen LogP) is 3.91. The lowest BCUT2D eigenvalue weighted by Crippen LogP contribution is -2.45. The molecule has 1 atom stereocenters. The Morgan fingerprint density at radius 2 is 1.89 bits per heavy atom. The van der Waals surface area contributed by atoms with E-state index in [0.717, 1.165) is 22.7 Å². The number of hydrogen-bond acceptors (Lipinski definition) is 3. The molecule has 1 aliphatic rings. The largest absolute Gasteiger partial charge is 0.491 e. The molecule has 0 bridgehead atoms. The standard InChI is InChI=1S/C21H23N3O2S/c1-13(2)26-17-11-7-8-15(12-17)19-18(14(3)22-21(27)24-19)20(25)23-16-9-5-4-6-10-16/h4-13,19H,1-3H3,(H,23,25)(H2,22,24,27). The van der Waals surface area contributed by atoms with E-state index in [2.05, 4.69) is 16.0 Å². The van der Waals surface area contributed by atoms with Crippen molar-refractivity contribution in [2.75, 3.05) is 5.32 Å². The zero-order valence-electron chi connectivity index (χ0n) is 15.6. The van der Waals surface area contributed by atoms with Crippen LogP contribution in [0.5, 0.6) is 5.75 Å². The zero-order chi connectivity index (χ0) is 19.4. The molecule has 27 heavy (non-hydrogen) atoms. The summed E-state index contributed by atoms with van der Waals surface area (Å²) < 4.78 is 5.80. The lowest BCUT2D eigenvalue weighted by Gasteiger charge is -2.30. The molecule has 1 heterocycles. The summed E-state index contributed by atoms with van der Waals surface area (Å²) in [5, 5.41) is 9.70. The van der Waals surface area contributed by atoms with Gasteiger partial charge in [-0.05, 0) is 62.8 Å². The molecule has 0 saturated carbocycles. The van der Waals surface area contributed by atoms with Gasteiger partial charge in [0.2, 0.25) is 0 Å². The number of carbonyl (C=O) groups excluding carboxylic acids is 1. The lowest BCUT2D eigenvalue weighted by molar-refractivity contribution is -0.113. The molecule has 2 aromatic carbocycles. The Hall–Kier alpha value is -2.86. The summed E-state index contributed by atoms with van der Waals surface area (Å²) in [4.78, 5) is 13.0. The van der Waals surface area contributed by atoms with Crippen LogP contribution < -0.4 is 20.7 Å². The van der Waals surface area contributed by atoms with E-state index in [1.807, 2.05) is 75.4 Å². The van der Waals surface area contributed by atoms with Gasteiger partial charge in [-0.1, -0.05) is 30.3 Å². The molecular weight excluding hydrogens is 358 g/mol. The van der Waals surface area contributed by atoms with E-state index in [0.29, 0.717) is 10.7 Å². The molecule has 2 aromatic rings. The van der Waals surface area contributed by atoms with Crippen molar-refractivity contribution in [2.24, 2.45) is 0 Å². The van der Waals surface area contributed by atoms with Crippen LogP contribution in [0.4, 0.5) is 5.69 Å². The Morgan fingerprint density at radius 1 is 1.15 bits per heavy atom. The molecule has 0 saturated heterocycles. The summed E-state index contributed by atoms with van der Waals surface area (Å²) in [6.45, 7) is 5.81. The summed E-state index contributed by atoms with van der Waals surface area (Å²) >= 11 is 5.31. The van der Waals surface area contributed by atoms with Gasteiger partial charge in [-0.2, -0.15) is 0 Å². The van der Waals surface area contributed by atoms with E-state index in [1.165, 1.54) is 0 Å². The van der Waals surface area contributed by atoms with Crippen LogP contribution in [0.3, 0.4) is 0 Å². The number of para-hydroxylation sites is 1. The van der Waals surface area contributed by atoms with E-state index in [1.54, 1.807) is 0 Å². The van der Waals surface area contributed by atoms with E-state index in [4.69, 9.17) is 17.0 Å². The van der Waals surface area contributed by atoms with Crippen molar-refractivity contribution in [3.63, 3.8) is 0 Å². The van der Waals surface area contributed by atoms with E-state index in [-0.39, 0.29) is 18.1 Å². The maximum Gasteiger partial charge on any atom is 0.255 e. The number of benzene rings is 2. The monoisotopic (exact) mass is 381 g/mol. The number of anilines is 1. The highest BCUT2D eigenvalue weighted by atomic mass is 32.1. The fraction of sp³-hybridized carbons (Fsp3) is 0.238. The van der Waals surface area contributed by atoms with Crippen molar-refractivity contribution < 1.29 is 9.53 Å². The van der Waals surface area contributed by atoms with Crippen molar-refractivity contribution >= 4 is 28.9 Å². The average molecular weight is 382 g/mol. The number of amides is 1. The molecule has 0 aromatic heterocycles. The number of thiocarbonyl (C=S) groups is 1. The van der Waals surface area contributed by atoms with Gasteiger partial charge in [-0.25, -0.2) is 0 Å². The molecule has 0 spiro atoms. The van der Waals surface area contributed by atoms with Crippen LogP contribution in [-0.4, -0.2) is 17.1 Å². The number of hydrogen-bond donors (Lipinski definition) is 3. The summed E-state index contributed by atoms with van der Waals surface area (Å²) in [6.07, 6.45) is 0.0698. The maximum atomic E-state index is 13.0. The van der Waals surface area contributed by atoms with E-state index >= 15 is 0 Å². The van der Waals surface area contributed by atoms with Crippen molar-refractivity contribution in [1.82, 2.24) is 10.6 Å². The Morgan fingerprint density at radius 3 is 2.59 bits per heavy atom. The smallest absolute Gasteiger partial charge is 0.255 e. The molecule has 140 valence electrons. The second-order valence-corrected chi connectivity index (χ2v) is 7.04. The first-order chi connectivity index (χ1) is 12.9. The van der Waals surface area contributed by atoms with Gasteiger partial charge in [-0.3, -0.25) is 4.79 Å². The van der Waals surface area contributed by atoms with E-state index < -0.39 is 0 Å². The zero-order valence-corrected chi connectivity index (χ0v) is 16.4. The number of rotatable bonds is 5. The second kappa shape index (κ2) is 8.22. The van der Waals surface area contributed by atoms with Gasteiger partial charge in [0, 0.05) is 11.4 Å². The first-order valence-corrected chi connectivity index (χ1v) is 9.26. The first-order valence-electron chi connectivity index (χ1n) is 8.85. The molecule has 5 nitrogen and oxygen atoms in total. The fourth-order valence-electron chi connectivity index (χ4n) is 3.00. The highest BCUT2D eigenvalue weighted by molar-refractivity contribution is 7.80. The SMILES string of the molecule is CC1=C(C(=O)Nc2ccccc2)C(c2cccc(OC(C)C)c2)NC(=S)N1. The van der Waals surface area contributed by atoms with Crippen LogP contribution in [0, 0.1) is 0 Å².